The number of rotatable bonds is 3. The van der Waals surface area contributed by atoms with Crippen LogP contribution in [-0.2, 0) is 14.8 Å². The lowest BCUT2D eigenvalue weighted by atomic mass is 10.1. The molecule has 3 rings (SSSR count). The van der Waals surface area contributed by atoms with Gasteiger partial charge in [0.25, 0.3) is 5.91 Å². The molecule has 0 unspecified atom stereocenters. The first-order valence-corrected chi connectivity index (χ1v) is 9.80. The summed E-state index contributed by atoms with van der Waals surface area (Å²) >= 11 is 0. The number of fused-ring (bicyclic) bond motifs is 1. The Bertz CT molecular complexity index is 693. The first kappa shape index (κ1) is 17.3. The third-order valence-corrected chi connectivity index (χ3v) is 6.21. The van der Waals surface area contributed by atoms with Crippen LogP contribution in [0.4, 0.5) is 0 Å². The number of ether oxygens (including phenoxy) is 1. The molecule has 0 saturated carbocycles. The normalized spacial score (nSPS) is 27.0. The number of carbonyl (C=O) groups excluding carboxylic acids is 1. The van der Waals surface area contributed by atoms with E-state index in [2.05, 4.69) is 4.98 Å². The third-order valence-electron chi connectivity index (χ3n) is 4.40. The van der Waals surface area contributed by atoms with Crippen LogP contribution >= 0.6 is 0 Å². The summed E-state index contributed by atoms with van der Waals surface area (Å²) in [5.41, 5.74) is 0.555. The van der Waals surface area contributed by atoms with Crippen LogP contribution in [0.5, 0.6) is 0 Å². The van der Waals surface area contributed by atoms with Gasteiger partial charge >= 0.3 is 0 Å². The SMILES string of the molecule is CC(C)CN1[C@@H]2CN(C(=O)c3ccncc3)C[C@@H]2OCCS1(=O)=O. The quantitative estimate of drug-likeness (QED) is 0.795. The average Bonchev–Trinajstić information content (AvgIpc) is 2.91. The van der Waals surface area contributed by atoms with E-state index in [1.54, 1.807) is 33.7 Å². The van der Waals surface area contributed by atoms with E-state index in [9.17, 15) is 13.2 Å². The molecule has 1 amide bonds. The Morgan fingerprint density at radius 3 is 2.71 bits per heavy atom. The second-order valence-corrected chi connectivity index (χ2v) is 8.74. The fourth-order valence-corrected chi connectivity index (χ4v) is 4.96. The van der Waals surface area contributed by atoms with Crippen LogP contribution in [0.3, 0.4) is 0 Å². The molecule has 2 fully saturated rings. The van der Waals surface area contributed by atoms with Gasteiger partial charge in [0.2, 0.25) is 10.0 Å². The van der Waals surface area contributed by atoms with Gasteiger partial charge in [-0.05, 0) is 18.1 Å². The molecule has 1 aromatic heterocycles. The van der Waals surface area contributed by atoms with Crippen molar-refractivity contribution in [3.8, 4) is 0 Å². The Labute approximate surface area is 142 Å². The summed E-state index contributed by atoms with van der Waals surface area (Å²) in [6, 6.07) is 3.02. The number of likely N-dealkylation sites (tertiary alicyclic amines) is 1. The first-order valence-electron chi connectivity index (χ1n) is 8.19. The maximum absolute atomic E-state index is 12.6. The van der Waals surface area contributed by atoms with Gasteiger partial charge in [-0.1, -0.05) is 13.8 Å². The molecule has 2 aliphatic heterocycles. The Kier molecular flexibility index (Phi) is 4.89. The van der Waals surface area contributed by atoms with Crippen LogP contribution in [0.15, 0.2) is 24.5 Å². The maximum atomic E-state index is 12.6. The minimum Gasteiger partial charge on any atom is -0.374 e. The summed E-state index contributed by atoms with van der Waals surface area (Å²) in [6.07, 6.45) is 2.88. The molecule has 0 aliphatic carbocycles. The molecule has 0 N–H and O–H groups in total. The highest BCUT2D eigenvalue weighted by atomic mass is 32.2. The zero-order chi connectivity index (χ0) is 17.3. The highest BCUT2D eigenvalue weighted by Gasteiger charge is 2.45. The standard InChI is InChI=1S/C16H23N3O4S/c1-12(2)9-19-14-10-18(16(20)13-3-5-17-6-4-13)11-15(14)23-7-8-24(19,21)22/h3-6,12,14-15H,7-11H2,1-2H3/t14-,15+/m1/s1. The van der Waals surface area contributed by atoms with E-state index in [0.717, 1.165) is 0 Å². The van der Waals surface area contributed by atoms with E-state index < -0.39 is 10.0 Å². The zero-order valence-electron chi connectivity index (χ0n) is 14.0. The fourth-order valence-electron chi connectivity index (χ4n) is 3.28. The second kappa shape index (κ2) is 6.78. The minimum atomic E-state index is -3.36. The van der Waals surface area contributed by atoms with Crippen molar-refractivity contribution in [2.45, 2.75) is 26.0 Å². The molecule has 0 bridgehead atoms. The smallest absolute Gasteiger partial charge is 0.254 e. The monoisotopic (exact) mass is 353 g/mol. The molecule has 24 heavy (non-hydrogen) atoms. The first-order chi connectivity index (χ1) is 11.4. The van der Waals surface area contributed by atoms with Gasteiger partial charge in [-0.2, -0.15) is 4.31 Å². The van der Waals surface area contributed by atoms with Crippen molar-refractivity contribution in [2.75, 3.05) is 32.0 Å². The Hall–Kier alpha value is -1.51. The van der Waals surface area contributed by atoms with Crippen LogP contribution in [-0.4, -0.2) is 72.7 Å². The fraction of sp³-hybridized carbons (Fsp3) is 0.625. The number of hydrogen-bond donors (Lipinski definition) is 0. The van der Waals surface area contributed by atoms with E-state index in [-0.39, 0.29) is 36.3 Å². The van der Waals surface area contributed by atoms with Gasteiger partial charge in [0, 0.05) is 37.6 Å². The molecule has 0 spiro atoms. The molecule has 2 atom stereocenters. The molecule has 8 heteroatoms. The topological polar surface area (TPSA) is 79.8 Å². The summed E-state index contributed by atoms with van der Waals surface area (Å²) in [5, 5.41) is 0. The highest BCUT2D eigenvalue weighted by molar-refractivity contribution is 7.89. The minimum absolute atomic E-state index is 0.00498. The van der Waals surface area contributed by atoms with Gasteiger partial charge in [-0.25, -0.2) is 8.42 Å². The van der Waals surface area contributed by atoms with E-state index in [1.807, 2.05) is 13.8 Å². The van der Waals surface area contributed by atoms with Crippen molar-refractivity contribution in [2.24, 2.45) is 5.92 Å². The van der Waals surface area contributed by atoms with Gasteiger partial charge in [-0.15, -0.1) is 0 Å². The molecule has 0 radical (unpaired) electrons. The molecule has 2 saturated heterocycles. The summed E-state index contributed by atoms with van der Waals surface area (Å²) in [6.45, 7) is 5.38. The van der Waals surface area contributed by atoms with Crippen molar-refractivity contribution in [1.29, 1.82) is 0 Å². The highest BCUT2D eigenvalue weighted by Crippen LogP contribution is 2.27. The van der Waals surface area contributed by atoms with Crippen molar-refractivity contribution in [3.05, 3.63) is 30.1 Å². The second-order valence-electron chi connectivity index (χ2n) is 6.70. The largest absolute Gasteiger partial charge is 0.374 e. The molecule has 2 aliphatic rings. The van der Waals surface area contributed by atoms with E-state index in [1.165, 1.54) is 0 Å². The number of sulfonamides is 1. The summed E-state index contributed by atoms with van der Waals surface area (Å²) in [7, 11) is -3.36. The van der Waals surface area contributed by atoms with Crippen LogP contribution in [0, 0.1) is 5.92 Å². The number of pyridine rings is 1. The number of aromatic nitrogens is 1. The van der Waals surface area contributed by atoms with Crippen molar-refractivity contribution >= 4 is 15.9 Å². The van der Waals surface area contributed by atoms with Crippen molar-refractivity contribution in [1.82, 2.24) is 14.2 Å². The summed E-state index contributed by atoms with van der Waals surface area (Å²) < 4.78 is 32.4. The number of hydrogen-bond acceptors (Lipinski definition) is 5. The maximum Gasteiger partial charge on any atom is 0.254 e. The van der Waals surface area contributed by atoms with Crippen LogP contribution in [0.25, 0.3) is 0 Å². The van der Waals surface area contributed by atoms with Crippen LogP contribution in [0.1, 0.15) is 24.2 Å². The number of nitrogens with zero attached hydrogens (tertiary/aromatic N) is 3. The van der Waals surface area contributed by atoms with Gasteiger partial charge in [-0.3, -0.25) is 9.78 Å². The van der Waals surface area contributed by atoms with Gasteiger partial charge in [0.15, 0.2) is 0 Å². The predicted octanol–water partition coefficient (Wildman–Crippen LogP) is 0.593. The molecule has 132 valence electrons. The molecule has 1 aromatic rings. The molecular formula is C16H23N3O4S. The lowest BCUT2D eigenvalue weighted by Gasteiger charge is -2.29. The summed E-state index contributed by atoms with van der Waals surface area (Å²) in [4.78, 5) is 18.2. The van der Waals surface area contributed by atoms with Crippen LogP contribution < -0.4 is 0 Å². The van der Waals surface area contributed by atoms with Gasteiger partial charge in [0.05, 0.1) is 24.5 Å². The van der Waals surface area contributed by atoms with Gasteiger partial charge < -0.3 is 9.64 Å². The van der Waals surface area contributed by atoms with Crippen molar-refractivity contribution < 1.29 is 17.9 Å². The van der Waals surface area contributed by atoms with Crippen LogP contribution in [0.2, 0.25) is 0 Å². The van der Waals surface area contributed by atoms with E-state index in [4.69, 9.17) is 4.74 Å². The Balaban J connectivity index is 1.83. The molecule has 7 nitrogen and oxygen atoms in total. The van der Waals surface area contributed by atoms with Gasteiger partial charge in [0.1, 0.15) is 0 Å². The molecule has 3 heterocycles. The predicted molar refractivity (Wildman–Crippen MR) is 89.0 cm³/mol. The Morgan fingerprint density at radius 1 is 1.33 bits per heavy atom. The lowest BCUT2D eigenvalue weighted by molar-refractivity contribution is 0.0441. The third kappa shape index (κ3) is 3.45. The Morgan fingerprint density at radius 2 is 2.04 bits per heavy atom. The van der Waals surface area contributed by atoms with Crippen molar-refractivity contribution in [3.63, 3.8) is 0 Å². The zero-order valence-corrected chi connectivity index (χ0v) is 14.8. The molecule has 0 aromatic carbocycles. The summed E-state index contributed by atoms with van der Waals surface area (Å²) in [5.74, 6) is 0.102. The number of carbonyl (C=O) groups is 1. The average molecular weight is 353 g/mol. The molecular weight excluding hydrogens is 330 g/mol. The lowest BCUT2D eigenvalue weighted by Crippen LogP contribution is -2.47. The van der Waals surface area contributed by atoms with E-state index in [0.29, 0.717) is 25.2 Å². The number of amides is 1. The van der Waals surface area contributed by atoms with E-state index >= 15 is 0 Å².